The van der Waals surface area contributed by atoms with Gasteiger partial charge in [-0.05, 0) is 43.9 Å². The number of aliphatic hydroxyl groups excluding tert-OH is 1. The van der Waals surface area contributed by atoms with E-state index in [1.54, 1.807) is 18.7 Å². The van der Waals surface area contributed by atoms with Crippen molar-refractivity contribution < 1.29 is 9.90 Å². The Morgan fingerprint density at radius 3 is 2.47 bits per heavy atom. The van der Waals surface area contributed by atoms with Gasteiger partial charge in [0.25, 0.3) is 0 Å². The minimum Gasteiger partial charge on any atom is -0.389 e. The average molecular weight is 279 g/mol. The number of hydrogen-bond donors (Lipinski definition) is 1. The highest BCUT2D eigenvalue weighted by molar-refractivity contribution is 8.00. The van der Waals surface area contributed by atoms with E-state index in [1.807, 2.05) is 29.2 Å². The van der Waals surface area contributed by atoms with E-state index in [9.17, 15) is 9.90 Å². The third-order valence-electron chi connectivity index (χ3n) is 3.43. The van der Waals surface area contributed by atoms with Crippen molar-refractivity contribution in [2.75, 3.05) is 18.8 Å². The summed E-state index contributed by atoms with van der Waals surface area (Å²) in [6, 6.07) is 7.77. The molecule has 2 rings (SSSR count). The van der Waals surface area contributed by atoms with Crippen molar-refractivity contribution in [1.82, 2.24) is 4.90 Å². The third-order valence-corrected chi connectivity index (χ3v) is 4.43. The zero-order chi connectivity index (χ0) is 13.7. The van der Waals surface area contributed by atoms with Crippen LogP contribution in [0.15, 0.2) is 29.2 Å². The lowest BCUT2D eigenvalue weighted by atomic mass is 10.1. The Labute approximate surface area is 119 Å². The highest BCUT2D eigenvalue weighted by atomic mass is 32.2. The monoisotopic (exact) mass is 279 g/mol. The summed E-state index contributed by atoms with van der Waals surface area (Å²) in [6.07, 6.45) is 3.09. The number of carbonyl (C=O) groups excluding carboxylic acids is 1. The van der Waals surface area contributed by atoms with Crippen LogP contribution in [0, 0.1) is 0 Å². The molecule has 0 aliphatic carbocycles. The fraction of sp³-hybridized carbons (Fsp3) is 0.533. The lowest BCUT2D eigenvalue weighted by Gasteiger charge is -2.26. The van der Waals surface area contributed by atoms with Crippen molar-refractivity contribution in [3.63, 3.8) is 0 Å². The van der Waals surface area contributed by atoms with Crippen molar-refractivity contribution in [1.29, 1.82) is 0 Å². The molecule has 1 fully saturated rings. The van der Waals surface area contributed by atoms with Gasteiger partial charge in [0.15, 0.2) is 0 Å². The first-order chi connectivity index (χ1) is 9.16. The second-order valence-electron chi connectivity index (χ2n) is 4.98. The second kappa shape index (κ2) is 6.96. The molecule has 0 radical (unpaired) electrons. The van der Waals surface area contributed by atoms with Crippen LogP contribution in [0.5, 0.6) is 0 Å². The van der Waals surface area contributed by atoms with Crippen LogP contribution in [0.25, 0.3) is 0 Å². The van der Waals surface area contributed by atoms with Crippen molar-refractivity contribution >= 4 is 17.7 Å². The summed E-state index contributed by atoms with van der Waals surface area (Å²) in [6.45, 7) is 3.59. The molecular weight excluding hydrogens is 258 g/mol. The van der Waals surface area contributed by atoms with E-state index >= 15 is 0 Å². The summed E-state index contributed by atoms with van der Waals surface area (Å²) in [5.41, 5.74) is 0.909. The molecule has 19 heavy (non-hydrogen) atoms. The van der Waals surface area contributed by atoms with Gasteiger partial charge in [0.05, 0.1) is 11.9 Å². The number of carbonyl (C=O) groups is 1. The van der Waals surface area contributed by atoms with E-state index in [2.05, 4.69) is 0 Å². The maximum absolute atomic E-state index is 12.0. The zero-order valence-corrected chi connectivity index (χ0v) is 12.2. The predicted molar refractivity (Wildman–Crippen MR) is 78.2 cm³/mol. The molecule has 1 heterocycles. The van der Waals surface area contributed by atoms with E-state index in [0.717, 1.165) is 36.4 Å². The van der Waals surface area contributed by atoms with E-state index in [1.165, 1.54) is 6.42 Å². The van der Waals surface area contributed by atoms with Crippen LogP contribution in [0.1, 0.15) is 37.9 Å². The molecule has 1 saturated heterocycles. The standard InChI is InChI=1S/C15H21NO2S/c1-12(17)13-5-7-14(8-6-13)19-11-15(18)16-9-3-2-4-10-16/h5-8,12,17H,2-4,9-11H2,1H3. The number of aliphatic hydroxyl groups is 1. The van der Waals surface area contributed by atoms with Crippen LogP contribution < -0.4 is 0 Å². The van der Waals surface area contributed by atoms with Gasteiger partial charge in [-0.1, -0.05) is 12.1 Å². The van der Waals surface area contributed by atoms with E-state index in [0.29, 0.717) is 5.75 Å². The Hall–Kier alpha value is -1.00. The molecule has 3 nitrogen and oxygen atoms in total. The van der Waals surface area contributed by atoms with Gasteiger partial charge in [-0.25, -0.2) is 0 Å². The Balaban J connectivity index is 1.82. The SMILES string of the molecule is CC(O)c1ccc(SCC(=O)N2CCCCC2)cc1. The molecule has 104 valence electrons. The van der Waals surface area contributed by atoms with Crippen LogP contribution in [0.4, 0.5) is 0 Å². The highest BCUT2D eigenvalue weighted by Crippen LogP contribution is 2.22. The minimum atomic E-state index is -0.436. The number of rotatable bonds is 4. The van der Waals surface area contributed by atoms with Crippen LogP contribution in [0.2, 0.25) is 0 Å². The van der Waals surface area contributed by atoms with Crippen molar-refractivity contribution in [3.8, 4) is 0 Å². The fourth-order valence-electron chi connectivity index (χ4n) is 2.22. The lowest BCUT2D eigenvalue weighted by molar-refractivity contribution is -0.129. The summed E-state index contributed by atoms with van der Waals surface area (Å²) >= 11 is 1.57. The molecule has 1 N–H and O–H groups in total. The quantitative estimate of drug-likeness (QED) is 0.862. The molecule has 4 heteroatoms. The summed E-state index contributed by atoms with van der Waals surface area (Å²) in [5, 5.41) is 9.44. The molecule has 0 spiro atoms. The number of benzene rings is 1. The highest BCUT2D eigenvalue weighted by Gasteiger charge is 2.16. The van der Waals surface area contributed by atoms with E-state index in [4.69, 9.17) is 0 Å². The van der Waals surface area contributed by atoms with Crippen LogP contribution >= 0.6 is 11.8 Å². The lowest BCUT2D eigenvalue weighted by Crippen LogP contribution is -2.36. The molecule has 1 unspecified atom stereocenters. The summed E-state index contributed by atoms with van der Waals surface area (Å²) in [5.74, 6) is 0.748. The Morgan fingerprint density at radius 2 is 1.89 bits per heavy atom. The largest absolute Gasteiger partial charge is 0.389 e. The van der Waals surface area contributed by atoms with Crippen molar-refractivity contribution in [2.24, 2.45) is 0 Å². The molecule has 1 amide bonds. The van der Waals surface area contributed by atoms with Crippen LogP contribution in [-0.4, -0.2) is 34.8 Å². The first kappa shape index (κ1) is 14.4. The third kappa shape index (κ3) is 4.25. The van der Waals surface area contributed by atoms with Gasteiger partial charge in [0.2, 0.25) is 5.91 Å². The van der Waals surface area contributed by atoms with Gasteiger partial charge < -0.3 is 10.0 Å². The van der Waals surface area contributed by atoms with Gasteiger partial charge in [0, 0.05) is 18.0 Å². The number of hydrogen-bond acceptors (Lipinski definition) is 3. The predicted octanol–water partition coefficient (Wildman–Crippen LogP) is 2.84. The van der Waals surface area contributed by atoms with Gasteiger partial charge in [0.1, 0.15) is 0 Å². The Bertz CT molecular complexity index is 411. The smallest absolute Gasteiger partial charge is 0.232 e. The second-order valence-corrected chi connectivity index (χ2v) is 6.02. The van der Waals surface area contributed by atoms with Gasteiger partial charge in [-0.2, -0.15) is 0 Å². The van der Waals surface area contributed by atoms with E-state index in [-0.39, 0.29) is 5.91 Å². The average Bonchev–Trinajstić information content (AvgIpc) is 2.46. The fourth-order valence-corrected chi connectivity index (χ4v) is 3.02. The molecule has 0 bridgehead atoms. The molecule has 1 aliphatic rings. The summed E-state index contributed by atoms with van der Waals surface area (Å²) < 4.78 is 0. The molecule has 1 aliphatic heterocycles. The summed E-state index contributed by atoms with van der Waals surface area (Å²) in [4.78, 5) is 15.1. The molecule has 1 atom stereocenters. The maximum atomic E-state index is 12.0. The molecule has 1 aromatic carbocycles. The van der Waals surface area contributed by atoms with Crippen LogP contribution in [0.3, 0.4) is 0 Å². The molecule has 0 saturated carbocycles. The molecule has 1 aromatic rings. The minimum absolute atomic E-state index is 0.240. The van der Waals surface area contributed by atoms with Crippen molar-refractivity contribution in [2.45, 2.75) is 37.2 Å². The van der Waals surface area contributed by atoms with Gasteiger partial charge >= 0.3 is 0 Å². The van der Waals surface area contributed by atoms with Gasteiger partial charge in [-0.15, -0.1) is 11.8 Å². The summed E-state index contributed by atoms with van der Waals surface area (Å²) in [7, 11) is 0. The molecule has 0 aromatic heterocycles. The number of likely N-dealkylation sites (tertiary alicyclic amines) is 1. The zero-order valence-electron chi connectivity index (χ0n) is 11.3. The number of piperidine rings is 1. The first-order valence-electron chi connectivity index (χ1n) is 6.85. The van der Waals surface area contributed by atoms with Crippen molar-refractivity contribution in [3.05, 3.63) is 29.8 Å². The van der Waals surface area contributed by atoms with Crippen LogP contribution in [-0.2, 0) is 4.79 Å². The number of thioether (sulfide) groups is 1. The molecular formula is C15H21NO2S. The topological polar surface area (TPSA) is 40.5 Å². The maximum Gasteiger partial charge on any atom is 0.232 e. The normalized spacial score (nSPS) is 17.3. The Morgan fingerprint density at radius 1 is 1.26 bits per heavy atom. The first-order valence-corrected chi connectivity index (χ1v) is 7.84. The van der Waals surface area contributed by atoms with E-state index < -0.39 is 6.10 Å². The Kier molecular flexibility index (Phi) is 5.28. The number of nitrogens with zero attached hydrogens (tertiary/aromatic N) is 1. The van der Waals surface area contributed by atoms with Gasteiger partial charge in [-0.3, -0.25) is 4.79 Å². The number of amides is 1.